The second-order valence-electron chi connectivity index (χ2n) is 9.74. The van der Waals surface area contributed by atoms with Gasteiger partial charge in [-0.1, -0.05) is 36.4 Å². The molecule has 0 aliphatic carbocycles. The number of aromatic nitrogens is 1. The zero-order chi connectivity index (χ0) is 26.3. The molecule has 1 aliphatic heterocycles. The Morgan fingerprint density at radius 3 is 2.50 bits per heavy atom. The van der Waals surface area contributed by atoms with Crippen molar-refractivity contribution in [2.24, 2.45) is 0 Å². The van der Waals surface area contributed by atoms with Crippen LogP contribution >= 0.6 is 0 Å². The van der Waals surface area contributed by atoms with Gasteiger partial charge in [0.25, 0.3) is 10.0 Å². The molecule has 3 N–H and O–H groups in total. The Kier molecular flexibility index (Phi) is 9.04. The van der Waals surface area contributed by atoms with E-state index in [1.807, 2.05) is 30.3 Å². The molecule has 3 rings (SSSR count). The lowest BCUT2D eigenvalue weighted by Crippen LogP contribution is -2.54. The van der Waals surface area contributed by atoms with E-state index in [1.165, 1.54) is 16.6 Å². The molecule has 11 heteroatoms. The molecule has 10 nitrogen and oxygen atoms in total. The fourth-order valence-corrected chi connectivity index (χ4v) is 5.35. The topological polar surface area (TPSA) is 138 Å². The number of hydrogen-bond donors (Lipinski definition) is 3. The second kappa shape index (κ2) is 11.8. The maximum atomic E-state index is 13.2. The number of pyridine rings is 1. The van der Waals surface area contributed by atoms with E-state index in [-0.39, 0.29) is 24.5 Å². The largest absolute Gasteiger partial charge is 0.444 e. The van der Waals surface area contributed by atoms with Crippen molar-refractivity contribution < 1.29 is 27.9 Å². The number of rotatable bonds is 7. The summed E-state index contributed by atoms with van der Waals surface area (Å²) in [7, 11) is -3.88. The van der Waals surface area contributed by atoms with E-state index >= 15 is 0 Å². The van der Waals surface area contributed by atoms with Gasteiger partial charge >= 0.3 is 6.09 Å². The van der Waals surface area contributed by atoms with Crippen molar-refractivity contribution >= 4 is 22.0 Å². The zero-order valence-electron chi connectivity index (χ0n) is 20.8. The predicted molar refractivity (Wildman–Crippen MR) is 133 cm³/mol. The molecule has 2 aromatic rings. The number of aliphatic hydroxyl groups is 1. The van der Waals surface area contributed by atoms with Crippen LogP contribution in [0.5, 0.6) is 0 Å². The first-order valence-electron chi connectivity index (χ1n) is 11.9. The van der Waals surface area contributed by atoms with Crippen LogP contribution in [0, 0.1) is 0 Å². The Bertz CT molecular complexity index is 1120. The third kappa shape index (κ3) is 7.74. The maximum absolute atomic E-state index is 13.2. The minimum atomic E-state index is -3.88. The van der Waals surface area contributed by atoms with Crippen molar-refractivity contribution in [1.82, 2.24) is 19.9 Å². The van der Waals surface area contributed by atoms with Crippen LogP contribution in [0.4, 0.5) is 4.79 Å². The minimum Gasteiger partial charge on any atom is -0.444 e. The number of nitrogens with zero attached hydrogens (tertiary/aromatic N) is 2. The highest BCUT2D eigenvalue weighted by Crippen LogP contribution is 2.20. The molecule has 3 atom stereocenters. The van der Waals surface area contributed by atoms with Gasteiger partial charge in [0, 0.05) is 25.7 Å². The van der Waals surface area contributed by atoms with Crippen molar-refractivity contribution in [3.8, 4) is 0 Å². The average molecular weight is 519 g/mol. The van der Waals surface area contributed by atoms with Gasteiger partial charge in [-0.15, -0.1) is 0 Å². The summed E-state index contributed by atoms with van der Waals surface area (Å²) >= 11 is 0. The summed E-state index contributed by atoms with van der Waals surface area (Å²) in [6.45, 7) is 5.18. The number of sulfonamides is 1. The summed E-state index contributed by atoms with van der Waals surface area (Å²) in [5.41, 5.74) is 0.0977. The van der Waals surface area contributed by atoms with E-state index in [0.29, 0.717) is 12.8 Å². The van der Waals surface area contributed by atoms with Crippen LogP contribution < -0.4 is 10.6 Å². The summed E-state index contributed by atoms with van der Waals surface area (Å²) in [6, 6.07) is 12.2. The molecular formula is C25H34N4O6S. The van der Waals surface area contributed by atoms with E-state index in [4.69, 9.17) is 4.74 Å². The molecule has 1 aromatic carbocycles. The quantitative estimate of drug-likeness (QED) is 0.509. The van der Waals surface area contributed by atoms with Gasteiger partial charge in [0.1, 0.15) is 11.6 Å². The van der Waals surface area contributed by atoms with E-state index in [2.05, 4.69) is 15.6 Å². The molecule has 36 heavy (non-hydrogen) atoms. The summed E-state index contributed by atoms with van der Waals surface area (Å²) in [5, 5.41) is 16.2. The monoisotopic (exact) mass is 518 g/mol. The average Bonchev–Trinajstić information content (AvgIpc) is 3.00. The molecular weight excluding hydrogens is 484 g/mol. The molecule has 0 radical (unpaired) electrons. The Labute approximate surface area is 212 Å². The standard InChI is InChI=1S/C25H34N4O6S/c1-25(2,3)35-24(32)28-20(16-18-10-5-4-6-11-18)23(31)27-19-12-9-15-29(17-21(19)30)36(33,34)22-13-7-8-14-26-22/h4-8,10-11,13-14,19-21,30H,9,12,15-17H2,1-3H3,(H,27,31)(H,28,32)/t19?,20?,21-/m0/s1. The number of benzene rings is 1. The lowest BCUT2D eigenvalue weighted by molar-refractivity contribution is -0.124. The summed E-state index contributed by atoms with van der Waals surface area (Å²) < 4.78 is 32.4. The van der Waals surface area contributed by atoms with E-state index < -0.39 is 45.8 Å². The number of ether oxygens (including phenoxy) is 1. The lowest BCUT2D eigenvalue weighted by Gasteiger charge is -2.27. The Hall–Kier alpha value is -3.02. The van der Waals surface area contributed by atoms with Gasteiger partial charge in [0.05, 0.1) is 12.1 Å². The van der Waals surface area contributed by atoms with Crippen molar-refractivity contribution in [1.29, 1.82) is 0 Å². The van der Waals surface area contributed by atoms with Crippen molar-refractivity contribution in [3.05, 3.63) is 60.3 Å². The van der Waals surface area contributed by atoms with Gasteiger partial charge in [-0.2, -0.15) is 4.31 Å². The molecule has 2 unspecified atom stereocenters. The number of alkyl carbamates (subject to hydrolysis) is 1. The molecule has 1 fully saturated rings. The molecule has 1 aliphatic rings. The number of amides is 2. The van der Waals surface area contributed by atoms with Gasteiger partial charge in [-0.3, -0.25) is 4.79 Å². The zero-order valence-corrected chi connectivity index (χ0v) is 21.6. The SMILES string of the molecule is CC(C)(C)OC(=O)NC(Cc1ccccc1)C(=O)NC1CCCN(S(=O)(=O)c2ccccn2)C[C@@H]1O. The number of carbonyl (C=O) groups is 2. The number of β-amino-alcohol motifs (C(OH)–C–C–N with tert-alkyl or cyclic N) is 1. The van der Waals surface area contributed by atoms with Crippen LogP contribution in [0.1, 0.15) is 39.2 Å². The third-order valence-corrected chi connectivity index (χ3v) is 7.42. The predicted octanol–water partition coefficient (Wildman–Crippen LogP) is 1.85. The second-order valence-corrected chi connectivity index (χ2v) is 11.6. The Morgan fingerprint density at radius 1 is 1.17 bits per heavy atom. The molecule has 0 spiro atoms. The van der Waals surface area contributed by atoms with Gasteiger partial charge in [0.15, 0.2) is 5.03 Å². The molecule has 0 saturated carbocycles. The number of carbonyl (C=O) groups excluding carboxylic acids is 2. The lowest BCUT2D eigenvalue weighted by atomic mass is 10.0. The smallest absolute Gasteiger partial charge is 0.408 e. The molecule has 1 aromatic heterocycles. The maximum Gasteiger partial charge on any atom is 0.408 e. The van der Waals surface area contributed by atoms with Gasteiger partial charge in [0.2, 0.25) is 5.91 Å². The van der Waals surface area contributed by atoms with Crippen molar-refractivity contribution in [3.63, 3.8) is 0 Å². The van der Waals surface area contributed by atoms with Crippen molar-refractivity contribution in [2.75, 3.05) is 13.1 Å². The van der Waals surface area contributed by atoms with Crippen LogP contribution in [0.2, 0.25) is 0 Å². The number of hydrogen-bond acceptors (Lipinski definition) is 7. The summed E-state index contributed by atoms with van der Waals surface area (Å²) in [5.74, 6) is -0.491. The van der Waals surface area contributed by atoms with Gasteiger partial charge in [-0.05, 0) is 51.3 Å². The molecule has 0 bridgehead atoms. The summed E-state index contributed by atoms with van der Waals surface area (Å²) in [6.07, 6.45) is 0.535. The molecule has 196 valence electrons. The van der Waals surface area contributed by atoms with E-state index in [1.54, 1.807) is 32.9 Å². The third-order valence-electron chi connectivity index (χ3n) is 5.64. The van der Waals surface area contributed by atoms with Crippen LogP contribution in [0.15, 0.2) is 59.8 Å². The van der Waals surface area contributed by atoms with Crippen LogP contribution in [0.25, 0.3) is 0 Å². The van der Waals surface area contributed by atoms with Crippen LogP contribution in [0.3, 0.4) is 0 Å². The van der Waals surface area contributed by atoms with Crippen LogP contribution in [-0.2, 0) is 26.0 Å². The van der Waals surface area contributed by atoms with Gasteiger partial charge in [-0.25, -0.2) is 18.2 Å². The Balaban J connectivity index is 1.71. The fourth-order valence-electron chi connectivity index (χ4n) is 3.92. The first-order valence-corrected chi connectivity index (χ1v) is 13.3. The normalized spacial score (nSPS) is 20.1. The highest BCUT2D eigenvalue weighted by atomic mass is 32.2. The number of aliphatic hydroxyl groups excluding tert-OH is 1. The minimum absolute atomic E-state index is 0.0934. The molecule has 2 amide bonds. The summed E-state index contributed by atoms with van der Waals surface area (Å²) in [4.78, 5) is 29.6. The van der Waals surface area contributed by atoms with E-state index in [0.717, 1.165) is 5.56 Å². The first-order chi connectivity index (χ1) is 17.0. The fraction of sp³-hybridized carbons (Fsp3) is 0.480. The Morgan fingerprint density at radius 2 is 1.86 bits per heavy atom. The molecule has 2 heterocycles. The van der Waals surface area contributed by atoms with Crippen molar-refractivity contribution in [2.45, 2.75) is 68.8 Å². The molecule has 1 saturated heterocycles. The highest BCUT2D eigenvalue weighted by Gasteiger charge is 2.35. The van der Waals surface area contributed by atoms with Gasteiger partial charge < -0.3 is 20.5 Å². The highest BCUT2D eigenvalue weighted by molar-refractivity contribution is 7.89. The first kappa shape index (κ1) is 27.6. The van der Waals surface area contributed by atoms with E-state index in [9.17, 15) is 23.1 Å². The van der Waals surface area contributed by atoms with Crippen LogP contribution in [-0.4, -0.2) is 71.7 Å². The number of nitrogens with one attached hydrogen (secondary N) is 2.